The van der Waals surface area contributed by atoms with Gasteiger partial charge in [0.25, 0.3) is 0 Å². The van der Waals surface area contributed by atoms with Crippen LogP contribution in [-0.2, 0) is 4.79 Å². The van der Waals surface area contributed by atoms with E-state index in [-0.39, 0.29) is 0 Å². The number of nitrogens with one attached hydrogen (secondary N) is 1. The van der Waals surface area contributed by atoms with E-state index in [1.807, 2.05) is 31.3 Å². The standard InChI is InChI=1S/C13H22N4O/c1-3-7-15-17(4-2)11-12(10-14)16-8-5-13(18)6-9-16/h7,10-11,14H,3-6,8-9H2,1-2H3/b12-11+,14-10?,15-7-. The predicted molar refractivity (Wildman–Crippen MR) is 73.8 cm³/mol. The number of hydrazone groups is 1. The van der Waals surface area contributed by atoms with Crippen molar-refractivity contribution in [3.63, 3.8) is 0 Å². The first kappa shape index (κ1) is 14.4. The van der Waals surface area contributed by atoms with Crippen molar-refractivity contribution in [1.82, 2.24) is 9.91 Å². The van der Waals surface area contributed by atoms with Gasteiger partial charge in [-0.15, -0.1) is 0 Å². The zero-order valence-corrected chi connectivity index (χ0v) is 11.2. The first-order valence-electron chi connectivity index (χ1n) is 6.49. The molecule has 0 spiro atoms. The van der Waals surface area contributed by atoms with Crippen molar-refractivity contribution in [1.29, 1.82) is 5.41 Å². The molecule has 1 aliphatic heterocycles. The van der Waals surface area contributed by atoms with Gasteiger partial charge in [-0.25, -0.2) is 0 Å². The van der Waals surface area contributed by atoms with Crippen molar-refractivity contribution in [3.8, 4) is 0 Å². The van der Waals surface area contributed by atoms with Crippen LogP contribution in [0.5, 0.6) is 0 Å². The lowest BCUT2D eigenvalue weighted by Gasteiger charge is -2.29. The minimum Gasteiger partial charge on any atom is -0.368 e. The van der Waals surface area contributed by atoms with Gasteiger partial charge in [-0.05, 0) is 13.3 Å². The molecule has 0 bridgehead atoms. The highest BCUT2D eigenvalue weighted by atomic mass is 16.1. The number of likely N-dealkylation sites (tertiary alicyclic amines) is 1. The van der Waals surface area contributed by atoms with Crippen LogP contribution < -0.4 is 0 Å². The van der Waals surface area contributed by atoms with E-state index in [1.165, 1.54) is 6.21 Å². The number of hydrogen-bond donors (Lipinski definition) is 1. The molecule has 0 unspecified atom stereocenters. The summed E-state index contributed by atoms with van der Waals surface area (Å²) in [6.07, 6.45) is 7.10. The molecule has 0 radical (unpaired) electrons. The summed E-state index contributed by atoms with van der Waals surface area (Å²) < 4.78 is 0. The lowest BCUT2D eigenvalue weighted by atomic mass is 10.1. The fourth-order valence-electron chi connectivity index (χ4n) is 1.77. The maximum absolute atomic E-state index is 11.2. The fourth-order valence-corrected chi connectivity index (χ4v) is 1.77. The first-order chi connectivity index (χ1) is 8.71. The molecule has 0 amide bonds. The Balaban J connectivity index is 2.71. The minimum absolute atomic E-state index is 0.312. The zero-order valence-electron chi connectivity index (χ0n) is 11.2. The van der Waals surface area contributed by atoms with Gasteiger partial charge in [-0.1, -0.05) is 6.92 Å². The Morgan fingerprint density at radius 3 is 2.61 bits per heavy atom. The topological polar surface area (TPSA) is 59.8 Å². The van der Waals surface area contributed by atoms with Crippen molar-refractivity contribution < 1.29 is 4.79 Å². The van der Waals surface area contributed by atoms with E-state index in [9.17, 15) is 4.79 Å². The Morgan fingerprint density at radius 2 is 2.11 bits per heavy atom. The number of carbonyl (C=O) groups is 1. The third-order valence-electron chi connectivity index (χ3n) is 2.85. The van der Waals surface area contributed by atoms with Crippen molar-refractivity contribution >= 4 is 18.2 Å². The van der Waals surface area contributed by atoms with E-state index in [0.717, 1.165) is 18.7 Å². The number of ketones is 1. The number of rotatable bonds is 6. The summed E-state index contributed by atoms with van der Waals surface area (Å²) >= 11 is 0. The van der Waals surface area contributed by atoms with Crippen LogP contribution in [0.4, 0.5) is 0 Å². The molecule has 0 aromatic heterocycles. The number of hydrogen-bond acceptors (Lipinski definition) is 5. The van der Waals surface area contributed by atoms with Gasteiger partial charge in [0, 0.05) is 51.1 Å². The summed E-state index contributed by atoms with van der Waals surface area (Å²) in [6.45, 7) is 6.23. The Morgan fingerprint density at radius 1 is 1.44 bits per heavy atom. The van der Waals surface area contributed by atoms with E-state index in [4.69, 9.17) is 5.41 Å². The average molecular weight is 250 g/mol. The molecule has 5 heteroatoms. The Kier molecular flexibility index (Phi) is 6.11. The summed E-state index contributed by atoms with van der Waals surface area (Å²) in [5, 5.41) is 13.6. The number of Topliss-reactive ketones (excluding diaryl/α,β-unsaturated/α-hetero) is 1. The van der Waals surface area contributed by atoms with Gasteiger partial charge in [-0.2, -0.15) is 5.10 Å². The fraction of sp³-hybridized carbons (Fsp3) is 0.615. The summed E-state index contributed by atoms with van der Waals surface area (Å²) in [5.74, 6) is 0.312. The molecule has 1 N–H and O–H groups in total. The van der Waals surface area contributed by atoms with E-state index >= 15 is 0 Å². The second-order valence-corrected chi connectivity index (χ2v) is 4.19. The Hall–Kier alpha value is -1.65. The molecule has 1 fully saturated rings. The van der Waals surface area contributed by atoms with Crippen LogP contribution in [-0.4, -0.2) is 47.8 Å². The molecule has 0 aromatic rings. The average Bonchev–Trinajstić information content (AvgIpc) is 2.40. The van der Waals surface area contributed by atoms with Crippen molar-refractivity contribution in [2.75, 3.05) is 19.6 Å². The van der Waals surface area contributed by atoms with Crippen LogP contribution in [0.1, 0.15) is 33.1 Å². The smallest absolute Gasteiger partial charge is 0.136 e. The summed E-state index contributed by atoms with van der Waals surface area (Å²) in [7, 11) is 0. The SMILES string of the molecule is CC/C=N\N(/C=C(\C=N)N1CCC(=O)CC1)CC. The normalized spacial score (nSPS) is 17.3. The molecule has 0 saturated carbocycles. The molecule has 1 aliphatic rings. The molecule has 100 valence electrons. The molecule has 1 rings (SSSR count). The second-order valence-electron chi connectivity index (χ2n) is 4.19. The van der Waals surface area contributed by atoms with Crippen LogP contribution in [0, 0.1) is 5.41 Å². The molecule has 5 nitrogen and oxygen atoms in total. The van der Waals surface area contributed by atoms with Gasteiger partial charge in [0.05, 0.1) is 5.70 Å². The highest BCUT2D eigenvalue weighted by Crippen LogP contribution is 2.12. The van der Waals surface area contributed by atoms with Gasteiger partial charge >= 0.3 is 0 Å². The molecule has 1 saturated heterocycles. The van der Waals surface area contributed by atoms with Gasteiger partial charge in [-0.3, -0.25) is 9.80 Å². The third-order valence-corrected chi connectivity index (χ3v) is 2.85. The molecular weight excluding hydrogens is 228 g/mol. The second kappa shape index (κ2) is 7.63. The lowest BCUT2D eigenvalue weighted by molar-refractivity contribution is -0.121. The lowest BCUT2D eigenvalue weighted by Crippen LogP contribution is -2.34. The molecule has 18 heavy (non-hydrogen) atoms. The molecule has 0 aliphatic carbocycles. The zero-order chi connectivity index (χ0) is 13.4. The monoisotopic (exact) mass is 250 g/mol. The van der Waals surface area contributed by atoms with Gasteiger partial charge in [0.2, 0.25) is 0 Å². The van der Waals surface area contributed by atoms with Crippen LogP contribution in [0.15, 0.2) is 17.0 Å². The number of carbonyl (C=O) groups excluding carboxylic acids is 1. The molecule has 1 heterocycles. The first-order valence-corrected chi connectivity index (χ1v) is 6.49. The molecule has 0 atom stereocenters. The number of allylic oxidation sites excluding steroid dienone is 1. The number of nitrogens with zero attached hydrogens (tertiary/aromatic N) is 3. The third kappa shape index (κ3) is 4.31. The Bertz CT molecular complexity index is 339. The highest BCUT2D eigenvalue weighted by Gasteiger charge is 2.17. The summed E-state index contributed by atoms with van der Waals surface area (Å²) in [6, 6.07) is 0. The van der Waals surface area contributed by atoms with Crippen LogP contribution in [0.25, 0.3) is 0 Å². The van der Waals surface area contributed by atoms with Crippen molar-refractivity contribution in [2.24, 2.45) is 5.10 Å². The molecule has 0 aromatic carbocycles. The molecular formula is C13H22N4O. The largest absolute Gasteiger partial charge is 0.368 e. The quantitative estimate of drug-likeness (QED) is 0.578. The van der Waals surface area contributed by atoms with E-state index < -0.39 is 0 Å². The van der Waals surface area contributed by atoms with E-state index in [0.29, 0.717) is 31.7 Å². The van der Waals surface area contributed by atoms with Gasteiger partial charge in [0.15, 0.2) is 0 Å². The maximum Gasteiger partial charge on any atom is 0.136 e. The van der Waals surface area contributed by atoms with Crippen LogP contribution in [0.2, 0.25) is 0 Å². The van der Waals surface area contributed by atoms with Crippen LogP contribution >= 0.6 is 0 Å². The Labute approximate surface area is 109 Å². The summed E-state index contributed by atoms with van der Waals surface area (Å²) in [4.78, 5) is 13.3. The van der Waals surface area contributed by atoms with Crippen molar-refractivity contribution in [2.45, 2.75) is 33.1 Å². The van der Waals surface area contributed by atoms with Crippen molar-refractivity contribution in [3.05, 3.63) is 11.9 Å². The van der Waals surface area contributed by atoms with E-state index in [2.05, 4.69) is 10.0 Å². The predicted octanol–water partition coefficient (Wildman–Crippen LogP) is 1.86. The summed E-state index contributed by atoms with van der Waals surface area (Å²) in [5.41, 5.74) is 0.817. The van der Waals surface area contributed by atoms with Crippen LogP contribution in [0.3, 0.4) is 0 Å². The van der Waals surface area contributed by atoms with Gasteiger partial charge in [0.1, 0.15) is 5.78 Å². The number of piperidine rings is 1. The van der Waals surface area contributed by atoms with E-state index in [1.54, 1.807) is 0 Å². The maximum atomic E-state index is 11.2. The highest BCUT2D eigenvalue weighted by molar-refractivity contribution is 5.81. The van der Waals surface area contributed by atoms with Gasteiger partial charge < -0.3 is 10.3 Å². The minimum atomic E-state index is 0.312.